The molecule has 5 heteroatoms. The molecule has 2 aromatic rings. The zero-order valence-electron chi connectivity index (χ0n) is 12.2. The number of ether oxygens (including phenoxy) is 2. The normalized spacial score (nSPS) is 10.4. The van der Waals surface area contributed by atoms with E-state index in [1.54, 1.807) is 56.3 Å². The van der Waals surface area contributed by atoms with Gasteiger partial charge in [-0.3, -0.25) is 0 Å². The van der Waals surface area contributed by atoms with Gasteiger partial charge >= 0.3 is 11.9 Å². The second-order valence-corrected chi connectivity index (χ2v) is 5.31. The van der Waals surface area contributed by atoms with Gasteiger partial charge in [-0.25, -0.2) is 9.59 Å². The molecular weight excluding hydrogens is 304 g/mol. The summed E-state index contributed by atoms with van der Waals surface area (Å²) >= 11 is 5.83. The molecule has 0 atom stereocenters. The molecule has 0 spiro atoms. The van der Waals surface area contributed by atoms with Gasteiger partial charge in [0.25, 0.3) is 0 Å². The van der Waals surface area contributed by atoms with Gasteiger partial charge in [0.1, 0.15) is 5.75 Å². The summed E-state index contributed by atoms with van der Waals surface area (Å²) in [5, 5.41) is 0.459. The van der Waals surface area contributed by atoms with Crippen molar-refractivity contribution in [2.24, 2.45) is 0 Å². The highest BCUT2D eigenvalue weighted by Crippen LogP contribution is 2.17. The number of benzene rings is 2. The molecule has 4 nitrogen and oxygen atoms in total. The fraction of sp³-hybridized carbons (Fsp3) is 0.176. The second-order valence-electron chi connectivity index (χ2n) is 4.88. The minimum atomic E-state index is -0.514. The van der Waals surface area contributed by atoms with E-state index >= 15 is 0 Å². The first-order valence-corrected chi connectivity index (χ1v) is 7.12. The van der Waals surface area contributed by atoms with Crippen molar-refractivity contribution in [1.82, 2.24) is 0 Å². The lowest BCUT2D eigenvalue weighted by Crippen LogP contribution is -2.12. The van der Waals surface area contributed by atoms with Gasteiger partial charge in [0.15, 0.2) is 0 Å². The SMILES string of the molecule is CC(C)OC(=O)c1ccc(OC(=O)c2cccc(Cl)c2)cc1. The van der Waals surface area contributed by atoms with Crippen LogP contribution in [0.4, 0.5) is 0 Å². The fourth-order valence-electron chi connectivity index (χ4n) is 1.72. The number of esters is 2. The van der Waals surface area contributed by atoms with E-state index in [4.69, 9.17) is 21.1 Å². The third-order valence-corrected chi connectivity index (χ3v) is 2.94. The van der Waals surface area contributed by atoms with Crippen LogP contribution in [0.5, 0.6) is 5.75 Å². The molecule has 0 heterocycles. The molecule has 0 radical (unpaired) electrons. The zero-order valence-corrected chi connectivity index (χ0v) is 13.0. The molecule has 0 saturated heterocycles. The van der Waals surface area contributed by atoms with Crippen molar-refractivity contribution in [3.05, 3.63) is 64.7 Å². The third kappa shape index (κ3) is 4.33. The van der Waals surface area contributed by atoms with Gasteiger partial charge in [-0.05, 0) is 56.3 Å². The molecule has 0 unspecified atom stereocenters. The Morgan fingerprint density at radius 3 is 2.23 bits per heavy atom. The number of hydrogen-bond acceptors (Lipinski definition) is 4. The molecule has 2 rings (SSSR count). The Hall–Kier alpha value is -2.33. The van der Waals surface area contributed by atoms with Crippen LogP contribution in [0.3, 0.4) is 0 Å². The van der Waals surface area contributed by atoms with Gasteiger partial charge < -0.3 is 9.47 Å². The van der Waals surface area contributed by atoms with Crippen molar-refractivity contribution < 1.29 is 19.1 Å². The summed E-state index contributed by atoms with van der Waals surface area (Å²) in [5.41, 5.74) is 0.757. The highest BCUT2D eigenvalue weighted by Gasteiger charge is 2.11. The second kappa shape index (κ2) is 7.09. The predicted molar refractivity (Wildman–Crippen MR) is 83.4 cm³/mol. The van der Waals surface area contributed by atoms with Gasteiger partial charge in [-0.1, -0.05) is 17.7 Å². The van der Waals surface area contributed by atoms with Gasteiger partial charge in [-0.2, -0.15) is 0 Å². The lowest BCUT2D eigenvalue weighted by Gasteiger charge is -2.08. The molecule has 114 valence electrons. The Morgan fingerprint density at radius 1 is 0.955 bits per heavy atom. The van der Waals surface area contributed by atoms with Crippen LogP contribution in [0.25, 0.3) is 0 Å². The van der Waals surface area contributed by atoms with Crippen LogP contribution < -0.4 is 4.74 Å². The topological polar surface area (TPSA) is 52.6 Å². The maximum atomic E-state index is 12.0. The average Bonchev–Trinajstić information content (AvgIpc) is 2.47. The number of carbonyl (C=O) groups excluding carboxylic acids is 2. The third-order valence-electron chi connectivity index (χ3n) is 2.70. The highest BCUT2D eigenvalue weighted by atomic mass is 35.5. The van der Waals surface area contributed by atoms with E-state index in [2.05, 4.69) is 0 Å². The maximum absolute atomic E-state index is 12.0. The summed E-state index contributed by atoms with van der Waals surface area (Å²) in [6.07, 6.45) is -0.187. The van der Waals surface area contributed by atoms with Crippen LogP contribution in [0.15, 0.2) is 48.5 Å². The molecule has 0 aliphatic carbocycles. The van der Waals surface area contributed by atoms with Crippen LogP contribution in [-0.2, 0) is 4.74 Å². The van der Waals surface area contributed by atoms with E-state index in [1.807, 2.05) is 0 Å². The van der Waals surface area contributed by atoms with Crippen LogP contribution in [-0.4, -0.2) is 18.0 Å². The Kier molecular flexibility index (Phi) is 5.17. The van der Waals surface area contributed by atoms with Crippen LogP contribution in [0.2, 0.25) is 5.02 Å². The molecule has 0 bridgehead atoms. The van der Waals surface area contributed by atoms with E-state index in [-0.39, 0.29) is 6.10 Å². The first-order valence-electron chi connectivity index (χ1n) is 6.74. The fourth-order valence-corrected chi connectivity index (χ4v) is 1.91. The van der Waals surface area contributed by atoms with Crippen LogP contribution >= 0.6 is 11.6 Å². The minimum absolute atomic E-state index is 0.187. The van der Waals surface area contributed by atoms with Gasteiger partial charge in [0.05, 0.1) is 17.2 Å². The molecular formula is C17H15ClO4. The van der Waals surface area contributed by atoms with Gasteiger partial charge in [-0.15, -0.1) is 0 Å². The van der Waals surface area contributed by atoms with Crippen molar-refractivity contribution in [3.63, 3.8) is 0 Å². The van der Waals surface area contributed by atoms with Crippen molar-refractivity contribution in [2.45, 2.75) is 20.0 Å². The van der Waals surface area contributed by atoms with Crippen LogP contribution in [0.1, 0.15) is 34.6 Å². The summed E-state index contributed by atoms with van der Waals surface area (Å²) in [5.74, 6) is -0.589. The lowest BCUT2D eigenvalue weighted by atomic mass is 10.2. The monoisotopic (exact) mass is 318 g/mol. The smallest absolute Gasteiger partial charge is 0.343 e. The lowest BCUT2D eigenvalue weighted by molar-refractivity contribution is 0.0378. The summed E-state index contributed by atoms with van der Waals surface area (Å²) in [6.45, 7) is 3.55. The van der Waals surface area contributed by atoms with Gasteiger partial charge in [0, 0.05) is 5.02 Å². The van der Waals surface area contributed by atoms with Gasteiger partial charge in [0.2, 0.25) is 0 Å². The molecule has 0 aliphatic rings. The summed E-state index contributed by atoms with van der Waals surface area (Å²) in [7, 11) is 0. The van der Waals surface area contributed by atoms with Crippen molar-refractivity contribution >= 4 is 23.5 Å². The summed E-state index contributed by atoms with van der Waals surface area (Å²) in [4.78, 5) is 23.7. The molecule has 2 aromatic carbocycles. The molecule has 0 N–H and O–H groups in total. The highest BCUT2D eigenvalue weighted by molar-refractivity contribution is 6.30. The number of rotatable bonds is 4. The van der Waals surface area contributed by atoms with E-state index < -0.39 is 11.9 Å². The maximum Gasteiger partial charge on any atom is 0.343 e. The Bertz CT molecular complexity index is 677. The van der Waals surface area contributed by atoms with Crippen LogP contribution in [0, 0.1) is 0 Å². The van der Waals surface area contributed by atoms with E-state index in [0.717, 1.165) is 0 Å². The van der Waals surface area contributed by atoms with E-state index in [0.29, 0.717) is 21.9 Å². The van der Waals surface area contributed by atoms with Crippen molar-refractivity contribution in [1.29, 1.82) is 0 Å². The van der Waals surface area contributed by atoms with Crippen molar-refractivity contribution in [3.8, 4) is 5.75 Å². The standard InChI is InChI=1S/C17H15ClO4/c1-11(2)21-16(19)12-6-8-15(9-7-12)22-17(20)13-4-3-5-14(18)10-13/h3-11H,1-2H3. The molecule has 22 heavy (non-hydrogen) atoms. The minimum Gasteiger partial charge on any atom is -0.459 e. The summed E-state index contributed by atoms with van der Waals surface area (Å²) in [6, 6.07) is 12.7. The Balaban J connectivity index is 2.05. The number of hydrogen-bond donors (Lipinski definition) is 0. The largest absolute Gasteiger partial charge is 0.459 e. The first kappa shape index (κ1) is 16.0. The molecule has 0 aliphatic heterocycles. The van der Waals surface area contributed by atoms with Crippen molar-refractivity contribution in [2.75, 3.05) is 0 Å². The average molecular weight is 319 g/mol. The molecule has 0 saturated carbocycles. The predicted octanol–water partition coefficient (Wildman–Crippen LogP) is 4.12. The van der Waals surface area contributed by atoms with E-state index in [1.165, 1.54) is 6.07 Å². The Labute approximate surface area is 133 Å². The summed E-state index contributed by atoms with van der Waals surface area (Å²) < 4.78 is 10.3. The molecule has 0 amide bonds. The Morgan fingerprint density at radius 2 is 1.64 bits per heavy atom. The number of halogens is 1. The zero-order chi connectivity index (χ0) is 16.1. The van der Waals surface area contributed by atoms with E-state index in [9.17, 15) is 9.59 Å². The quantitative estimate of drug-likeness (QED) is 0.628. The number of carbonyl (C=O) groups is 2. The molecule has 0 fully saturated rings. The first-order chi connectivity index (χ1) is 10.5. The molecule has 0 aromatic heterocycles.